The lowest BCUT2D eigenvalue weighted by molar-refractivity contribution is 0.216. The third kappa shape index (κ3) is 3.62. The minimum absolute atomic E-state index is 0.0596. The maximum atomic E-state index is 12.4. The summed E-state index contributed by atoms with van der Waals surface area (Å²) in [5, 5.41) is 0. The van der Waals surface area contributed by atoms with E-state index in [4.69, 9.17) is 4.42 Å². The molecule has 2 aromatic heterocycles. The van der Waals surface area contributed by atoms with Crippen LogP contribution in [0.15, 0.2) is 42.9 Å². The van der Waals surface area contributed by atoms with Gasteiger partial charge in [0.05, 0.1) is 16.1 Å². The van der Waals surface area contributed by atoms with Gasteiger partial charge in [-0.2, -0.15) is 0 Å². The number of sulfonamides is 1. The first kappa shape index (κ1) is 16.2. The summed E-state index contributed by atoms with van der Waals surface area (Å²) < 4.78 is 34.1. The highest BCUT2D eigenvalue weighted by Gasteiger charge is 2.27. The third-order valence-electron chi connectivity index (χ3n) is 3.73. The van der Waals surface area contributed by atoms with E-state index >= 15 is 0 Å². The fraction of sp³-hybridized carbons (Fsp3) is 0.429. The molecule has 120 valence electrons. The molecule has 0 amide bonds. The molecule has 0 aliphatic carbocycles. The number of rotatable bonds is 6. The van der Waals surface area contributed by atoms with E-state index in [0.29, 0.717) is 10.8 Å². The maximum Gasteiger partial charge on any atom is 0.250 e. The molecule has 1 saturated heterocycles. The standard InChI is InChI=1S/C14H17BrN2O3S2/c15-13-5-6-14(21-13)22(18,19)16-10-11(12-4-3-9-20-12)17-7-1-2-8-17/h3-6,9,11,16H,1-2,7-8,10H2. The average molecular weight is 405 g/mol. The Balaban J connectivity index is 1.74. The van der Waals surface area contributed by atoms with Crippen molar-refractivity contribution in [3.63, 3.8) is 0 Å². The highest BCUT2D eigenvalue weighted by molar-refractivity contribution is 9.11. The van der Waals surface area contributed by atoms with Gasteiger partial charge in [-0.25, -0.2) is 13.1 Å². The molecule has 1 unspecified atom stereocenters. The van der Waals surface area contributed by atoms with E-state index in [1.165, 1.54) is 11.3 Å². The van der Waals surface area contributed by atoms with Gasteiger partial charge in [0.25, 0.3) is 0 Å². The lowest BCUT2D eigenvalue weighted by Crippen LogP contribution is -2.36. The Hall–Kier alpha value is -0.670. The van der Waals surface area contributed by atoms with Crippen LogP contribution in [0.3, 0.4) is 0 Å². The molecule has 0 radical (unpaired) electrons. The van der Waals surface area contributed by atoms with Crippen molar-refractivity contribution in [3.8, 4) is 0 Å². The maximum absolute atomic E-state index is 12.4. The number of thiophene rings is 1. The lowest BCUT2D eigenvalue weighted by atomic mass is 10.2. The van der Waals surface area contributed by atoms with Crippen LogP contribution in [0, 0.1) is 0 Å². The Kier molecular flexibility index (Phi) is 5.03. The van der Waals surface area contributed by atoms with Crippen LogP contribution in [0.25, 0.3) is 0 Å². The van der Waals surface area contributed by atoms with Crippen LogP contribution < -0.4 is 4.72 Å². The molecule has 3 rings (SSSR count). The summed E-state index contributed by atoms with van der Waals surface area (Å²) in [5.41, 5.74) is 0. The van der Waals surface area contributed by atoms with Crippen LogP contribution in [-0.2, 0) is 10.0 Å². The molecule has 1 N–H and O–H groups in total. The SMILES string of the molecule is O=S(=O)(NCC(c1ccco1)N1CCCC1)c1ccc(Br)s1. The van der Waals surface area contributed by atoms with Gasteiger partial charge in [-0.1, -0.05) is 0 Å². The van der Waals surface area contributed by atoms with Crippen LogP contribution in [-0.4, -0.2) is 33.0 Å². The first-order chi connectivity index (χ1) is 10.6. The van der Waals surface area contributed by atoms with Crippen molar-refractivity contribution >= 4 is 37.3 Å². The average Bonchev–Trinajstić information content (AvgIpc) is 3.20. The summed E-state index contributed by atoms with van der Waals surface area (Å²) >= 11 is 4.50. The zero-order valence-corrected chi connectivity index (χ0v) is 15.1. The molecule has 3 heterocycles. The Labute approximate surface area is 142 Å². The number of likely N-dealkylation sites (tertiary alicyclic amines) is 1. The van der Waals surface area contributed by atoms with Gasteiger partial charge < -0.3 is 4.42 Å². The second-order valence-corrected chi connectivity index (χ2v) is 9.64. The molecule has 1 aliphatic rings. The number of nitrogens with one attached hydrogen (secondary N) is 1. The molecule has 1 aliphatic heterocycles. The van der Waals surface area contributed by atoms with Crippen molar-refractivity contribution in [2.75, 3.05) is 19.6 Å². The molecule has 5 nitrogen and oxygen atoms in total. The summed E-state index contributed by atoms with van der Waals surface area (Å²) in [6.07, 6.45) is 3.91. The van der Waals surface area contributed by atoms with Crippen LogP contribution in [0.5, 0.6) is 0 Å². The second-order valence-electron chi connectivity index (χ2n) is 5.18. The summed E-state index contributed by atoms with van der Waals surface area (Å²) in [5.74, 6) is 0.803. The molecule has 1 fully saturated rings. The molecular weight excluding hydrogens is 388 g/mol. The topological polar surface area (TPSA) is 62.6 Å². The van der Waals surface area contributed by atoms with Crippen LogP contribution in [0.2, 0.25) is 0 Å². The number of hydrogen-bond donors (Lipinski definition) is 1. The second kappa shape index (κ2) is 6.84. The first-order valence-corrected chi connectivity index (χ1v) is 10.2. The van der Waals surface area contributed by atoms with Gasteiger partial charge in [-0.3, -0.25) is 4.90 Å². The molecule has 2 aromatic rings. The van der Waals surface area contributed by atoms with Gasteiger partial charge in [0.1, 0.15) is 9.97 Å². The molecule has 1 atom stereocenters. The van der Waals surface area contributed by atoms with E-state index < -0.39 is 10.0 Å². The molecule has 22 heavy (non-hydrogen) atoms. The largest absolute Gasteiger partial charge is 0.468 e. The predicted molar refractivity (Wildman–Crippen MR) is 89.5 cm³/mol. The number of hydrogen-bond acceptors (Lipinski definition) is 5. The summed E-state index contributed by atoms with van der Waals surface area (Å²) in [6.45, 7) is 2.25. The summed E-state index contributed by atoms with van der Waals surface area (Å²) in [7, 11) is -3.48. The van der Waals surface area contributed by atoms with Crippen molar-refractivity contribution in [1.82, 2.24) is 9.62 Å². The van der Waals surface area contributed by atoms with E-state index in [2.05, 4.69) is 25.6 Å². The van der Waals surface area contributed by atoms with Gasteiger partial charge in [0.2, 0.25) is 10.0 Å². The van der Waals surface area contributed by atoms with Crippen molar-refractivity contribution in [2.24, 2.45) is 0 Å². The summed E-state index contributed by atoms with van der Waals surface area (Å²) in [6, 6.07) is 7.02. The van der Waals surface area contributed by atoms with Crippen LogP contribution in [0.1, 0.15) is 24.6 Å². The predicted octanol–water partition coefficient (Wildman–Crippen LogP) is 3.22. The first-order valence-electron chi connectivity index (χ1n) is 7.09. The van der Waals surface area contributed by atoms with E-state index in [9.17, 15) is 8.42 Å². The minimum Gasteiger partial charge on any atom is -0.468 e. The van der Waals surface area contributed by atoms with Gasteiger partial charge in [-0.05, 0) is 66.1 Å². The van der Waals surface area contributed by atoms with Crippen molar-refractivity contribution in [1.29, 1.82) is 0 Å². The van der Waals surface area contributed by atoms with Crippen LogP contribution >= 0.6 is 27.3 Å². The van der Waals surface area contributed by atoms with Gasteiger partial charge in [0, 0.05) is 6.54 Å². The minimum atomic E-state index is -3.48. The number of halogens is 1. The van der Waals surface area contributed by atoms with Gasteiger partial charge in [-0.15, -0.1) is 11.3 Å². The van der Waals surface area contributed by atoms with Crippen molar-refractivity contribution < 1.29 is 12.8 Å². The molecular formula is C14H17BrN2O3S2. The third-order valence-corrected chi connectivity index (χ3v) is 7.27. The van der Waals surface area contributed by atoms with Gasteiger partial charge in [0.15, 0.2) is 0 Å². The molecule has 8 heteroatoms. The Morgan fingerprint density at radius 3 is 2.68 bits per heavy atom. The molecule has 0 aromatic carbocycles. The highest BCUT2D eigenvalue weighted by Crippen LogP contribution is 2.28. The Bertz CT molecular complexity index is 706. The van der Waals surface area contributed by atoms with E-state index in [1.54, 1.807) is 18.4 Å². The fourth-order valence-electron chi connectivity index (χ4n) is 2.65. The van der Waals surface area contributed by atoms with E-state index in [1.807, 2.05) is 12.1 Å². The smallest absolute Gasteiger partial charge is 0.250 e. The fourth-order valence-corrected chi connectivity index (χ4v) is 5.74. The van der Waals surface area contributed by atoms with E-state index in [0.717, 1.165) is 35.5 Å². The Morgan fingerprint density at radius 2 is 2.09 bits per heavy atom. The normalized spacial score (nSPS) is 17.9. The zero-order valence-electron chi connectivity index (χ0n) is 11.9. The monoisotopic (exact) mass is 404 g/mol. The quantitative estimate of drug-likeness (QED) is 0.802. The van der Waals surface area contributed by atoms with E-state index in [-0.39, 0.29) is 6.04 Å². The van der Waals surface area contributed by atoms with Gasteiger partial charge >= 0.3 is 0 Å². The lowest BCUT2D eigenvalue weighted by Gasteiger charge is -2.25. The molecule has 0 saturated carbocycles. The van der Waals surface area contributed by atoms with Crippen molar-refractivity contribution in [2.45, 2.75) is 23.1 Å². The molecule has 0 spiro atoms. The summed E-state index contributed by atoms with van der Waals surface area (Å²) in [4.78, 5) is 2.27. The molecule has 0 bridgehead atoms. The zero-order chi connectivity index (χ0) is 15.6. The van der Waals surface area contributed by atoms with Crippen LogP contribution in [0.4, 0.5) is 0 Å². The number of furan rings is 1. The Morgan fingerprint density at radius 1 is 1.32 bits per heavy atom. The highest BCUT2D eigenvalue weighted by atomic mass is 79.9. The number of nitrogens with zero attached hydrogens (tertiary/aromatic N) is 1. The van der Waals surface area contributed by atoms with Crippen molar-refractivity contribution in [3.05, 3.63) is 40.1 Å².